The minimum Gasteiger partial charge on any atom is -0.397 e. The Bertz CT molecular complexity index is 358. The molecule has 3 N–H and O–H groups in total. The summed E-state index contributed by atoms with van der Waals surface area (Å²) in [6.07, 6.45) is 5.16. The molecule has 2 nitrogen and oxygen atoms in total. The quantitative estimate of drug-likeness (QED) is 0.744. The van der Waals surface area contributed by atoms with Crippen molar-refractivity contribution in [3.05, 3.63) is 24.3 Å². The van der Waals surface area contributed by atoms with Crippen LogP contribution in [0.5, 0.6) is 0 Å². The molecule has 1 fully saturated rings. The van der Waals surface area contributed by atoms with Crippen LogP contribution in [0, 0.1) is 5.41 Å². The van der Waals surface area contributed by atoms with E-state index in [4.69, 9.17) is 5.73 Å². The Morgan fingerprint density at radius 3 is 2.75 bits per heavy atom. The van der Waals surface area contributed by atoms with Crippen molar-refractivity contribution in [3.8, 4) is 0 Å². The summed E-state index contributed by atoms with van der Waals surface area (Å²) in [5.41, 5.74) is 8.36. The second kappa shape index (κ2) is 4.36. The fourth-order valence-corrected chi connectivity index (χ4v) is 2.67. The van der Waals surface area contributed by atoms with Gasteiger partial charge in [0.2, 0.25) is 0 Å². The molecule has 0 aromatic heterocycles. The third kappa shape index (κ3) is 2.69. The Hall–Kier alpha value is -1.18. The minimum absolute atomic E-state index is 0.472. The summed E-state index contributed by atoms with van der Waals surface area (Å²) in [5.74, 6) is 0. The van der Waals surface area contributed by atoms with E-state index in [0.717, 1.165) is 11.4 Å². The normalized spacial score (nSPS) is 24.0. The molecule has 1 aliphatic rings. The van der Waals surface area contributed by atoms with E-state index in [-0.39, 0.29) is 0 Å². The van der Waals surface area contributed by atoms with Crippen LogP contribution >= 0.6 is 0 Å². The molecule has 1 unspecified atom stereocenters. The molecule has 2 heteroatoms. The monoisotopic (exact) mass is 218 g/mol. The predicted octanol–water partition coefficient (Wildman–Crippen LogP) is 3.65. The summed E-state index contributed by atoms with van der Waals surface area (Å²) in [6, 6.07) is 8.61. The lowest BCUT2D eigenvalue weighted by Crippen LogP contribution is -2.31. The van der Waals surface area contributed by atoms with Gasteiger partial charge in [-0.05, 0) is 36.8 Å². The van der Waals surface area contributed by atoms with Gasteiger partial charge in [-0.2, -0.15) is 0 Å². The Kier molecular flexibility index (Phi) is 3.08. The fourth-order valence-electron chi connectivity index (χ4n) is 2.67. The number of nitrogen functional groups attached to an aromatic ring is 1. The van der Waals surface area contributed by atoms with Crippen molar-refractivity contribution in [1.29, 1.82) is 0 Å². The molecule has 1 aromatic carbocycles. The van der Waals surface area contributed by atoms with Crippen LogP contribution in [-0.2, 0) is 0 Å². The molecule has 1 atom stereocenters. The van der Waals surface area contributed by atoms with Crippen LogP contribution in [0.15, 0.2) is 24.3 Å². The van der Waals surface area contributed by atoms with Gasteiger partial charge in [0.15, 0.2) is 0 Å². The van der Waals surface area contributed by atoms with Crippen LogP contribution in [0.4, 0.5) is 11.4 Å². The molecule has 1 saturated carbocycles. The molecule has 0 bridgehead atoms. The molecule has 0 amide bonds. The highest BCUT2D eigenvalue weighted by Gasteiger charge is 2.27. The van der Waals surface area contributed by atoms with E-state index in [1.165, 1.54) is 25.7 Å². The zero-order chi connectivity index (χ0) is 11.6. The lowest BCUT2D eigenvalue weighted by molar-refractivity contribution is 0.229. The molecule has 0 aliphatic heterocycles. The summed E-state index contributed by atoms with van der Waals surface area (Å²) in [6.45, 7) is 4.71. The number of hydrogen-bond donors (Lipinski definition) is 2. The molecule has 0 radical (unpaired) electrons. The zero-order valence-electron chi connectivity index (χ0n) is 10.3. The highest BCUT2D eigenvalue weighted by Crippen LogP contribution is 2.36. The topological polar surface area (TPSA) is 38.0 Å². The zero-order valence-corrected chi connectivity index (χ0v) is 10.3. The van der Waals surface area contributed by atoms with Crippen LogP contribution < -0.4 is 11.1 Å². The van der Waals surface area contributed by atoms with Gasteiger partial charge in [-0.3, -0.25) is 0 Å². The van der Waals surface area contributed by atoms with Gasteiger partial charge in [0, 0.05) is 6.04 Å². The number of para-hydroxylation sites is 2. The van der Waals surface area contributed by atoms with Crippen molar-refractivity contribution in [3.63, 3.8) is 0 Å². The summed E-state index contributed by atoms with van der Waals surface area (Å²) in [5, 5.41) is 3.58. The first-order chi connectivity index (χ1) is 7.57. The highest BCUT2D eigenvalue weighted by atomic mass is 14.9. The van der Waals surface area contributed by atoms with Crippen LogP contribution in [0.3, 0.4) is 0 Å². The van der Waals surface area contributed by atoms with E-state index in [1.807, 2.05) is 18.2 Å². The van der Waals surface area contributed by atoms with Crippen molar-refractivity contribution in [2.45, 2.75) is 45.6 Å². The van der Waals surface area contributed by atoms with E-state index in [2.05, 4.69) is 25.2 Å². The van der Waals surface area contributed by atoms with Crippen LogP contribution in [0.2, 0.25) is 0 Å². The summed E-state index contributed by atoms with van der Waals surface area (Å²) in [7, 11) is 0. The molecule has 1 aromatic rings. The van der Waals surface area contributed by atoms with Gasteiger partial charge >= 0.3 is 0 Å². The van der Waals surface area contributed by atoms with Gasteiger partial charge in [-0.1, -0.05) is 32.4 Å². The van der Waals surface area contributed by atoms with Gasteiger partial charge in [-0.15, -0.1) is 0 Å². The molecule has 88 valence electrons. The number of nitrogens with one attached hydrogen (secondary N) is 1. The number of nitrogens with two attached hydrogens (primary N) is 1. The third-order valence-corrected chi connectivity index (χ3v) is 3.53. The fraction of sp³-hybridized carbons (Fsp3) is 0.571. The largest absolute Gasteiger partial charge is 0.397 e. The number of hydrogen-bond acceptors (Lipinski definition) is 2. The second-order valence-electron chi connectivity index (χ2n) is 5.69. The Labute approximate surface area is 98.2 Å². The Morgan fingerprint density at radius 1 is 1.31 bits per heavy atom. The SMILES string of the molecule is CC1(C)CCCC(Nc2ccccc2N)C1. The maximum Gasteiger partial charge on any atom is 0.0576 e. The Balaban J connectivity index is 2.02. The molecule has 0 heterocycles. The predicted molar refractivity (Wildman–Crippen MR) is 70.5 cm³/mol. The van der Waals surface area contributed by atoms with E-state index >= 15 is 0 Å². The van der Waals surface area contributed by atoms with Crippen LogP contribution in [-0.4, -0.2) is 6.04 Å². The van der Waals surface area contributed by atoms with Gasteiger partial charge in [-0.25, -0.2) is 0 Å². The maximum atomic E-state index is 5.94. The first-order valence-electron chi connectivity index (χ1n) is 6.18. The molecule has 0 saturated heterocycles. The second-order valence-corrected chi connectivity index (χ2v) is 5.69. The maximum absolute atomic E-state index is 5.94. The van der Waals surface area contributed by atoms with Crippen LogP contribution in [0.25, 0.3) is 0 Å². The van der Waals surface area contributed by atoms with Crippen molar-refractivity contribution in [2.24, 2.45) is 5.41 Å². The lowest BCUT2D eigenvalue weighted by atomic mass is 9.75. The lowest BCUT2D eigenvalue weighted by Gasteiger charge is -2.36. The van der Waals surface area contributed by atoms with Crippen molar-refractivity contribution >= 4 is 11.4 Å². The first kappa shape index (κ1) is 11.3. The van der Waals surface area contributed by atoms with Gasteiger partial charge in [0.05, 0.1) is 11.4 Å². The van der Waals surface area contributed by atoms with Crippen LogP contribution in [0.1, 0.15) is 39.5 Å². The third-order valence-electron chi connectivity index (χ3n) is 3.53. The molecule has 0 spiro atoms. The smallest absolute Gasteiger partial charge is 0.0576 e. The Morgan fingerprint density at radius 2 is 2.06 bits per heavy atom. The molecular weight excluding hydrogens is 196 g/mol. The molecule has 16 heavy (non-hydrogen) atoms. The average molecular weight is 218 g/mol. The summed E-state index contributed by atoms with van der Waals surface area (Å²) in [4.78, 5) is 0. The number of rotatable bonds is 2. The van der Waals surface area contributed by atoms with Gasteiger partial charge < -0.3 is 11.1 Å². The van der Waals surface area contributed by atoms with Crippen molar-refractivity contribution in [2.75, 3.05) is 11.1 Å². The van der Waals surface area contributed by atoms with Crippen molar-refractivity contribution in [1.82, 2.24) is 0 Å². The van der Waals surface area contributed by atoms with Crippen molar-refractivity contribution < 1.29 is 0 Å². The van der Waals surface area contributed by atoms with E-state index in [0.29, 0.717) is 11.5 Å². The highest BCUT2D eigenvalue weighted by molar-refractivity contribution is 5.65. The number of benzene rings is 1. The summed E-state index contributed by atoms with van der Waals surface area (Å²) >= 11 is 0. The molecular formula is C14H22N2. The average Bonchev–Trinajstić information content (AvgIpc) is 2.20. The number of anilines is 2. The van der Waals surface area contributed by atoms with E-state index in [1.54, 1.807) is 0 Å². The molecule has 1 aliphatic carbocycles. The first-order valence-corrected chi connectivity index (χ1v) is 6.18. The van der Waals surface area contributed by atoms with Gasteiger partial charge in [0.1, 0.15) is 0 Å². The van der Waals surface area contributed by atoms with Gasteiger partial charge in [0.25, 0.3) is 0 Å². The van der Waals surface area contributed by atoms with E-state index < -0.39 is 0 Å². The minimum atomic E-state index is 0.472. The summed E-state index contributed by atoms with van der Waals surface area (Å²) < 4.78 is 0. The standard InChI is InChI=1S/C14H22N2/c1-14(2)9-5-6-11(10-14)16-13-8-4-3-7-12(13)15/h3-4,7-8,11,16H,5-6,9-10,15H2,1-2H3. The molecule has 2 rings (SSSR count). The van der Waals surface area contributed by atoms with E-state index in [9.17, 15) is 0 Å².